The first-order valence-corrected chi connectivity index (χ1v) is 9.93. The molecule has 0 saturated carbocycles. The fraction of sp³-hybridized carbons (Fsp3) is 0.455. The standard InChI is InChI=1S/C22H28N4O3/c1-23(2)22(28)26-13-16-12-25(21(27)19-6-5-11-24(19)3)14-18(16)20(26)15-7-9-17(29-4)10-8-15/h5-11,16,18,20H,12-14H2,1-4H3/t16-,18-,20+/m1/s1. The van der Waals surface area contributed by atoms with Gasteiger partial charge in [-0.15, -0.1) is 0 Å². The molecule has 3 amide bonds. The van der Waals surface area contributed by atoms with Crippen molar-refractivity contribution >= 4 is 11.9 Å². The topological polar surface area (TPSA) is 58.0 Å². The Labute approximate surface area is 171 Å². The molecule has 2 saturated heterocycles. The Balaban J connectivity index is 1.61. The summed E-state index contributed by atoms with van der Waals surface area (Å²) in [7, 11) is 7.10. The smallest absolute Gasteiger partial charge is 0.320 e. The molecule has 0 bridgehead atoms. The number of amides is 3. The van der Waals surface area contributed by atoms with Gasteiger partial charge < -0.3 is 24.0 Å². The van der Waals surface area contributed by atoms with Gasteiger partial charge in [0.05, 0.1) is 13.2 Å². The van der Waals surface area contributed by atoms with Gasteiger partial charge in [-0.05, 0) is 29.8 Å². The molecular weight excluding hydrogens is 368 g/mol. The maximum Gasteiger partial charge on any atom is 0.320 e. The van der Waals surface area contributed by atoms with Crippen LogP contribution in [0.25, 0.3) is 0 Å². The van der Waals surface area contributed by atoms with Gasteiger partial charge in [0, 0.05) is 58.8 Å². The largest absolute Gasteiger partial charge is 0.497 e. The van der Waals surface area contributed by atoms with Crippen LogP contribution in [0.1, 0.15) is 22.1 Å². The molecule has 2 aromatic rings. The summed E-state index contributed by atoms with van der Waals surface area (Å²) in [6.45, 7) is 2.00. The summed E-state index contributed by atoms with van der Waals surface area (Å²) < 4.78 is 7.15. The number of hydrogen-bond acceptors (Lipinski definition) is 3. The number of ether oxygens (including phenoxy) is 1. The number of likely N-dealkylation sites (tertiary alicyclic amines) is 2. The number of hydrogen-bond donors (Lipinski definition) is 0. The summed E-state index contributed by atoms with van der Waals surface area (Å²) in [6, 6.07) is 11.6. The van der Waals surface area contributed by atoms with E-state index in [1.54, 1.807) is 26.1 Å². The van der Waals surface area contributed by atoms with Crippen LogP contribution >= 0.6 is 0 Å². The van der Waals surface area contributed by atoms with Crippen LogP contribution in [0.3, 0.4) is 0 Å². The number of fused-ring (bicyclic) bond motifs is 1. The monoisotopic (exact) mass is 396 g/mol. The van der Waals surface area contributed by atoms with Crippen LogP contribution in [0.5, 0.6) is 5.75 Å². The average molecular weight is 396 g/mol. The fourth-order valence-electron chi connectivity index (χ4n) is 4.74. The molecule has 2 aliphatic rings. The maximum absolute atomic E-state index is 13.0. The molecule has 2 fully saturated rings. The third-order valence-electron chi connectivity index (χ3n) is 6.20. The molecule has 3 heterocycles. The number of carbonyl (C=O) groups is 2. The highest BCUT2D eigenvalue weighted by molar-refractivity contribution is 5.93. The second-order valence-corrected chi connectivity index (χ2v) is 8.19. The molecule has 1 aromatic carbocycles. The van der Waals surface area contributed by atoms with Crippen molar-refractivity contribution in [2.45, 2.75) is 6.04 Å². The number of rotatable bonds is 3. The van der Waals surface area contributed by atoms with Crippen molar-refractivity contribution in [1.82, 2.24) is 19.3 Å². The van der Waals surface area contributed by atoms with Crippen LogP contribution in [0.15, 0.2) is 42.6 Å². The zero-order valence-corrected chi connectivity index (χ0v) is 17.4. The van der Waals surface area contributed by atoms with E-state index in [4.69, 9.17) is 4.74 Å². The molecule has 0 spiro atoms. The Hall–Kier alpha value is -2.96. The van der Waals surface area contributed by atoms with Crippen LogP contribution in [-0.4, -0.2) is 72.0 Å². The number of benzene rings is 1. The molecule has 0 radical (unpaired) electrons. The van der Waals surface area contributed by atoms with Crippen molar-refractivity contribution in [2.24, 2.45) is 18.9 Å². The fourth-order valence-corrected chi connectivity index (χ4v) is 4.74. The Morgan fingerprint density at radius 3 is 2.38 bits per heavy atom. The van der Waals surface area contributed by atoms with Gasteiger partial charge in [0.25, 0.3) is 5.91 Å². The van der Waals surface area contributed by atoms with Crippen LogP contribution in [-0.2, 0) is 7.05 Å². The summed E-state index contributed by atoms with van der Waals surface area (Å²) in [6.07, 6.45) is 1.89. The highest BCUT2D eigenvalue weighted by Crippen LogP contribution is 2.45. The third kappa shape index (κ3) is 3.34. The second kappa shape index (κ2) is 7.46. The zero-order valence-electron chi connectivity index (χ0n) is 17.4. The van der Waals surface area contributed by atoms with E-state index >= 15 is 0 Å². The van der Waals surface area contributed by atoms with E-state index in [9.17, 15) is 9.59 Å². The molecule has 4 rings (SSSR count). The summed E-state index contributed by atoms with van der Waals surface area (Å²) in [5.74, 6) is 1.35. The van der Waals surface area contributed by atoms with Gasteiger partial charge in [0.15, 0.2) is 0 Å². The lowest BCUT2D eigenvalue weighted by Gasteiger charge is -2.32. The predicted molar refractivity (Wildman–Crippen MR) is 110 cm³/mol. The summed E-state index contributed by atoms with van der Waals surface area (Å²) in [4.78, 5) is 31.4. The van der Waals surface area contributed by atoms with Gasteiger partial charge in [0.2, 0.25) is 0 Å². The van der Waals surface area contributed by atoms with E-state index in [0.29, 0.717) is 25.3 Å². The number of carbonyl (C=O) groups excluding carboxylic acids is 2. The van der Waals surface area contributed by atoms with Gasteiger partial charge >= 0.3 is 6.03 Å². The summed E-state index contributed by atoms with van der Waals surface area (Å²) in [5, 5.41) is 0. The molecule has 0 aliphatic carbocycles. The molecule has 0 unspecified atom stereocenters. The van der Waals surface area contributed by atoms with E-state index in [1.165, 1.54) is 0 Å². The lowest BCUT2D eigenvalue weighted by atomic mass is 9.89. The van der Waals surface area contributed by atoms with Crippen molar-refractivity contribution in [2.75, 3.05) is 40.8 Å². The van der Waals surface area contributed by atoms with Gasteiger partial charge in [-0.2, -0.15) is 0 Å². The number of aromatic nitrogens is 1. The SMILES string of the molecule is COc1ccc([C@H]2[C@@H]3CN(C(=O)c4cccn4C)C[C@@H]3CN2C(=O)N(C)C)cc1. The quantitative estimate of drug-likeness (QED) is 0.801. The number of nitrogens with zero attached hydrogens (tertiary/aromatic N) is 4. The molecule has 1 aromatic heterocycles. The number of aryl methyl sites for hydroxylation is 1. The number of methoxy groups -OCH3 is 1. The minimum absolute atomic E-state index is 0.0144. The predicted octanol–water partition coefficient (Wildman–Crippen LogP) is 2.46. The summed E-state index contributed by atoms with van der Waals surface area (Å²) >= 11 is 0. The van der Waals surface area contributed by atoms with Crippen LogP contribution in [0.4, 0.5) is 4.79 Å². The molecule has 0 N–H and O–H groups in total. The van der Waals surface area contributed by atoms with Crippen molar-refractivity contribution in [3.63, 3.8) is 0 Å². The van der Waals surface area contributed by atoms with Crippen LogP contribution < -0.4 is 4.74 Å². The minimum Gasteiger partial charge on any atom is -0.497 e. The first kappa shape index (κ1) is 19.4. The van der Waals surface area contributed by atoms with E-state index in [-0.39, 0.29) is 29.8 Å². The molecule has 3 atom stereocenters. The van der Waals surface area contributed by atoms with E-state index in [1.807, 2.05) is 64.0 Å². The van der Waals surface area contributed by atoms with Gasteiger partial charge in [0.1, 0.15) is 11.4 Å². The van der Waals surface area contributed by atoms with Crippen molar-refractivity contribution in [3.8, 4) is 5.75 Å². The average Bonchev–Trinajstić information content (AvgIpc) is 3.40. The zero-order chi connectivity index (χ0) is 20.7. The molecule has 7 heteroatoms. The Bertz CT molecular complexity index is 905. The lowest BCUT2D eigenvalue weighted by Crippen LogP contribution is -2.42. The normalized spacial score (nSPS) is 23.2. The van der Waals surface area contributed by atoms with E-state index in [0.717, 1.165) is 11.3 Å². The minimum atomic E-state index is -0.0491. The first-order chi connectivity index (χ1) is 13.9. The van der Waals surface area contributed by atoms with Gasteiger partial charge in [-0.1, -0.05) is 12.1 Å². The Morgan fingerprint density at radius 1 is 1.07 bits per heavy atom. The van der Waals surface area contributed by atoms with E-state index in [2.05, 4.69) is 0 Å². The first-order valence-electron chi connectivity index (χ1n) is 9.93. The Kier molecular flexibility index (Phi) is 4.98. The van der Waals surface area contributed by atoms with E-state index < -0.39 is 0 Å². The molecule has 29 heavy (non-hydrogen) atoms. The highest BCUT2D eigenvalue weighted by Gasteiger charge is 2.50. The van der Waals surface area contributed by atoms with Gasteiger partial charge in [-0.25, -0.2) is 4.79 Å². The van der Waals surface area contributed by atoms with Gasteiger partial charge in [-0.3, -0.25) is 4.79 Å². The molecular formula is C22H28N4O3. The molecule has 2 aliphatic heterocycles. The Morgan fingerprint density at radius 2 is 1.79 bits per heavy atom. The number of urea groups is 1. The molecule has 154 valence electrons. The lowest BCUT2D eigenvalue weighted by molar-refractivity contribution is 0.0757. The summed E-state index contributed by atoms with van der Waals surface area (Å²) in [5.41, 5.74) is 1.79. The third-order valence-corrected chi connectivity index (χ3v) is 6.20. The van der Waals surface area contributed by atoms with Crippen molar-refractivity contribution in [1.29, 1.82) is 0 Å². The van der Waals surface area contributed by atoms with Crippen LogP contribution in [0.2, 0.25) is 0 Å². The van der Waals surface area contributed by atoms with Crippen molar-refractivity contribution < 1.29 is 14.3 Å². The van der Waals surface area contributed by atoms with Crippen LogP contribution in [0, 0.1) is 11.8 Å². The highest BCUT2D eigenvalue weighted by atomic mass is 16.5. The maximum atomic E-state index is 13.0. The molecule has 7 nitrogen and oxygen atoms in total. The van der Waals surface area contributed by atoms with Crippen molar-refractivity contribution in [3.05, 3.63) is 53.9 Å². The second-order valence-electron chi connectivity index (χ2n) is 8.19.